The maximum Gasteiger partial charge on any atom is 0.201 e. The molecule has 2 aromatic heterocycles. The maximum absolute atomic E-state index is 9.41. The van der Waals surface area contributed by atoms with E-state index in [2.05, 4.69) is 27.0 Å². The molecular formula is C8H8N4O. The van der Waals surface area contributed by atoms with Gasteiger partial charge in [0, 0.05) is 11.8 Å². The van der Waals surface area contributed by atoms with Crippen LogP contribution in [0.4, 0.5) is 0 Å². The largest absolute Gasteiger partial charge is 0.384 e. The molecule has 66 valence electrons. The second-order valence-electron chi connectivity index (χ2n) is 2.62. The van der Waals surface area contributed by atoms with Crippen LogP contribution in [-0.4, -0.2) is 25.5 Å². The van der Waals surface area contributed by atoms with Gasteiger partial charge in [-0.3, -0.25) is 0 Å². The third kappa shape index (κ3) is 1.29. The van der Waals surface area contributed by atoms with Crippen LogP contribution >= 0.6 is 0 Å². The zero-order chi connectivity index (χ0) is 9.26. The predicted octanol–water partition coefficient (Wildman–Crippen LogP) is 0.572. The Morgan fingerprint density at radius 2 is 2.38 bits per heavy atom. The molecule has 2 aromatic rings. The SMILES string of the molecule is C=CC(O)c1cnc2n[nH]nc2c1. The molecule has 0 aliphatic carbocycles. The van der Waals surface area contributed by atoms with Gasteiger partial charge in [-0.1, -0.05) is 6.08 Å². The third-order valence-electron chi connectivity index (χ3n) is 1.76. The Kier molecular flexibility index (Phi) is 1.79. The maximum atomic E-state index is 9.41. The number of rotatable bonds is 2. The number of nitrogens with zero attached hydrogens (tertiary/aromatic N) is 3. The molecule has 0 aliphatic rings. The van der Waals surface area contributed by atoms with Crippen molar-refractivity contribution in [1.82, 2.24) is 20.4 Å². The lowest BCUT2D eigenvalue weighted by atomic mass is 10.1. The number of H-pyrrole nitrogens is 1. The fraction of sp³-hybridized carbons (Fsp3) is 0.125. The van der Waals surface area contributed by atoms with Gasteiger partial charge in [-0.2, -0.15) is 10.3 Å². The summed E-state index contributed by atoms with van der Waals surface area (Å²) in [6.07, 6.45) is 2.29. The van der Waals surface area contributed by atoms with E-state index in [1.165, 1.54) is 6.08 Å². The number of nitrogens with one attached hydrogen (secondary N) is 1. The second-order valence-corrected chi connectivity index (χ2v) is 2.62. The lowest BCUT2D eigenvalue weighted by Crippen LogP contribution is -1.93. The molecule has 0 aliphatic heterocycles. The molecule has 0 spiro atoms. The monoisotopic (exact) mass is 176 g/mol. The first-order valence-electron chi connectivity index (χ1n) is 3.78. The summed E-state index contributed by atoms with van der Waals surface area (Å²) in [6.45, 7) is 3.48. The van der Waals surface area contributed by atoms with E-state index in [1.807, 2.05) is 0 Å². The molecule has 5 nitrogen and oxygen atoms in total. The van der Waals surface area contributed by atoms with Crippen LogP contribution in [-0.2, 0) is 0 Å². The number of aliphatic hydroxyl groups is 1. The van der Waals surface area contributed by atoms with Crippen LogP contribution in [0.3, 0.4) is 0 Å². The van der Waals surface area contributed by atoms with Crippen molar-refractivity contribution < 1.29 is 5.11 Å². The molecule has 0 saturated heterocycles. The lowest BCUT2D eigenvalue weighted by molar-refractivity contribution is 0.229. The molecule has 0 saturated carbocycles. The average molecular weight is 176 g/mol. The Bertz CT molecular complexity index is 436. The van der Waals surface area contributed by atoms with Crippen molar-refractivity contribution in [3.05, 3.63) is 30.5 Å². The molecule has 0 radical (unpaired) electrons. The quantitative estimate of drug-likeness (QED) is 0.656. The van der Waals surface area contributed by atoms with Gasteiger partial charge in [0.15, 0.2) is 0 Å². The molecule has 2 heterocycles. The first-order valence-corrected chi connectivity index (χ1v) is 3.78. The van der Waals surface area contributed by atoms with E-state index < -0.39 is 6.10 Å². The Morgan fingerprint density at radius 1 is 1.54 bits per heavy atom. The van der Waals surface area contributed by atoms with Crippen molar-refractivity contribution in [3.8, 4) is 0 Å². The summed E-state index contributed by atoms with van der Waals surface area (Å²) in [5.74, 6) is 0. The lowest BCUT2D eigenvalue weighted by Gasteiger charge is -2.02. The first kappa shape index (κ1) is 7.88. The highest BCUT2D eigenvalue weighted by molar-refractivity contribution is 5.69. The van der Waals surface area contributed by atoms with Crippen LogP contribution in [0.15, 0.2) is 24.9 Å². The molecule has 1 unspecified atom stereocenters. The van der Waals surface area contributed by atoms with Crippen LogP contribution in [0, 0.1) is 0 Å². The summed E-state index contributed by atoms with van der Waals surface area (Å²) >= 11 is 0. The fourth-order valence-electron chi connectivity index (χ4n) is 1.05. The minimum Gasteiger partial charge on any atom is -0.384 e. The molecule has 5 heteroatoms. The zero-order valence-corrected chi connectivity index (χ0v) is 6.81. The Hall–Kier alpha value is -1.75. The van der Waals surface area contributed by atoms with Gasteiger partial charge in [0.1, 0.15) is 5.52 Å². The van der Waals surface area contributed by atoms with Crippen LogP contribution < -0.4 is 0 Å². The summed E-state index contributed by atoms with van der Waals surface area (Å²) in [5, 5.41) is 19.5. The number of fused-ring (bicyclic) bond motifs is 1. The minimum atomic E-state index is -0.700. The molecule has 0 amide bonds. The first-order chi connectivity index (χ1) is 6.31. The van der Waals surface area contributed by atoms with Crippen LogP contribution in [0.5, 0.6) is 0 Å². The van der Waals surface area contributed by atoms with Gasteiger partial charge in [0.05, 0.1) is 6.10 Å². The smallest absolute Gasteiger partial charge is 0.201 e. The second kappa shape index (κ2) is 2.95. The van der Waals surface area contributed by atoms with Crippen LogP contribution in [0.2, 0.25) is 0 Å². The fourth-order valence-corrected chi connectivity index (χ4v) is 1.05. The molecule has 0 bridgehead atoms. The van der Waals surface area contributed by atoms with Gasteiger partial charge in [-0.15, -0.1) is 11.7 Å². The van der Waals surface area contributed by atoms with Crippen molar-refractivity contribution in [3.63, 3.8) is 0 Å². The number of aromatic nitrogens is 4. The van der Waals surface area contributed by atoms with Crippen molar-refractivity contribution >= 4 is 11.2 Å². The van der Waals surface area contributed by atoms with E-state index in [-0.39, 0.29) is 0 Å². The van der Waals surface area contributed by atoms with Gasteiger partial charge < -0.3 is 5.11 Å². The topological polar surface area (TPSA) is 74.7 Å². The van der Waals surface area contributed by atoms with Crippen molar-refractivity contribution in [1.29, 1.82) is 0 Å². The van der Waals surface area contributed by atoms with Gasteiger partial charge in [0.2, 0.25) is 5.65 Å². The molecule has 2 rings (SSSR count). The Labute approximate surface area is 74.1 Å². The number of aliphatic hydroxyl groups excluding tert-OH is 1. The highest BCUT2D eigenvalue weighted by Gasteiger charge is 2.06. The van der Waals surface area contributed by atoms with E-state index >= 15 is 0 Å². The summed E-state index contributed by atoms with van der Waals surface area (Å²) in [4.78, 5) is 4.00. The summed E-state index contributed by atoms with van der Waals surface area (Å²) in [7, 11) is 0. The van der Waals surface area contributed by atoms with E-state index in [0.717, 1.165) is 0 Å². The van der Waals surface area contributed by atoms with Gasteiger partial charge in [-0.05, 0) is 6.07 Å². The number of hydrogen-bond donors (Lipinski definition) is 2. The highest BCUT2D eigenvalue weighted by Crippen LogP contribution is 2.15. The number of pyridine rings is 1. The summed E-state index contributed by atoms with van der Waals surface area (Å²) < 4.78 is 0. The van der Waals surface area contributed by atoms with Crippen LogP contribution in [0.25, 0.3) is 11.2 Å². The van der Waals surface area contributed by atoms with E-state index in [9.17, 15) is 5.11 Å². The van der Waals surface area contributed by atoms with E-state index in [4.69, 9.17) is 0 Å². The minimum absolute atomic E-state index is 0.542. The molecule has 13 heavy (non-hydrogen) atoms. The molecule has 1 atom stereocenters. The predicted molar refractivity (Wildman–Crippen MR) is 46.8 cm³/mol. The highest BCUT2D eigenvalue weighted by atomic mass is 16.3. The van der Waals surface area contributed by atoms with Gasteiger partial charge >= 0.3 is 0 Å². The average Bonchev–Trinajstić information content (AvgIpc) is 2.63. The Balaban J connectivity index is 2.53. The zero-order valence-electron chi connectivity index (χ0n) is 6.81. The number of hydrogen-bond acceptors (Lipinski definition) is 4. The summed E-state index contributed by atoms with van der Waals surface area (Å²) in [5.41, 5.74) is 1.84. The standard InChI is InChI=1S/C8H8N4O/c1-2-7(13)5-3-6-8(9-4-5)11-12-10-6/h2-4,7,13H,1H2,(H,9,10,11,12). The molecular weight excluding hydrogens is 168 g/mol. The van der Waals surface area contributed by atoms with Crippen molar-refractivity contribution in [2.75, 3.05) is 0 Å². The summed E-state index contributed by atoms with van der Waals surface area (Å²) in [6, 6.07) is 1.72. The normalized spacial score (nSPS) is 13.0. The van der Waals surface area contributed by atoms with Gasteiger partial charge in [-0.25, -0.2) is 4.98 Å². The van der Waals surface area contributed by atoms with E-state index in [1.54, 1.807) is 12.3 Å². The van der Waals surface area contributed by atoms with Crippen molar-refractivity contribution in [2.24, 2.45) is 0 Å². The van der Waals surface area contributed by atoms with Gasteiger partial charge in [0.25, 0.3) is 0 Å². The van der Waals surface area contributed by atoms with Crippen LogP contribution in [0.1, 0.15) is 11.7 Å². The van der Waals surface area contributed by atoms with E-state index in [0.29, 0.717) is 16.7 Å². The molecule has 2 N–H and O–H groups in total. The Morgan fingerprint density at radius 3 is 3.15 bits per heavy atom. The molecule has 0 aromatic carbocycles. The van der Waals surface area contributed by atoms with Crippen molar-refractivity contribution in [2.45, 2.75) is 6.10 Å². The molecule has 0 fully saturated rings. The number of aromatic amines is 1. The third-order valence-corrected chi connectivity index (χ3v) is 1.76.